The van der Waals surface area contributed by atoms with Gasteiger partial charge in [0, 0.05) is 12.6 Å². The summed E-state index contributed by atoms with van der Waals surface area (Å²) in [5.41, 5.74) is 0.816. The number of hydrazone groups is 1. The van der Waals surface area contributed by atoms with E-state index in [9.17, 15) is 9.59 Å². The van der Waals surface area contributed by atoms with E-state index >= 15 is 0 Å². The molecule has 2 aliphatic rings. The van der Waals surface area contributed by atoms with Gasteiger partial charge in [-0.25, -0.2) is 14.5 Å². The van der Waals surface area contributed by atoms with Gasteiger partial charge in [-0.15, -0.1) is 0 Å². The number of carbonyl (C=O) groups excluding carboxylic acids is 2. The molecule has 3 amide bonds. The summed E-state index contributed by atoms with van der Waals surface area (Å²) in [7, 11) is 0. The molecule has 0 radical (unpaired) electrons. The van der Waals surface area contributed by atoms with Gasteiger partial charge in [-0.2, -0.15) is 10.1 Å². The second-order valence-electron chi connectivity index (χ2n) is 5.09. The second-order valence-corrected chi connectivity index (χ2v) is 5.09. The predicted molar refractivity (Wildman–Crippen MR) is 73.7 cm³/mol. The summed E-state index contributed by atoms with van der Waals surface area (Å²) < 4.78 is 0. The summed E-state index contributed by atoms with van der Waals surface area (Å²) in [4.78, 5) is 29.3. The molecule has 2 heterocycles. The predicted octanol–water partition coefficient (Wildman–Crippen LogP) is 2.46. The number of hydrogen-bond acceptors (Lipinski definition) is 3. The van der Waals surface area contributed by atoms with E-state index in [4.69, 9.17) is 6.57 Å². The summed E-state index contributed by atoms with van der Waals surface area (Å²) in [6.07, 6.45) is 2.01. The number of imide groups is 1. The Morgan fingerprint density at radius 2 is 2.15 bits per heavy atom. The van der Waals surface area contributed by atoms with Crippen LogP contribution in [-0.4, -0.2) is 28.7 Å². The van der Waals surface area contributed by atoms with Crippen molar-refractivity contribution in [3.05, 3.63) is 35.2 Å². The first-order valence-electron chi connectivity index (χ1n) is 6.18. The van der Waals surface area contributed by atoms with Crippen LogP contribution < -0.4 is 4.90 Å². The minimum absolute atomic E-state index is 0.282. The van der Waals surface area contributed by atoms with Crippen LogP contribution in [0, 0.1) is 13.5 Å². The van der Waals surface area contributed by atoms with Crippen molar-refractivity contribution in [2.24, 2.45) is 5.10 Å². The molecule has 2 aliphatic heterocycles. The lowest BCUT2D eigenvalue weighted by Crippen LogP contribution is -2.41. The van der Waals surface area contributed by atoms with Gasteiger partial charge in [-0.05, 0) is 31.5 Å². The Morgan fingerprint density at radius 3 is 2.75 bits per heavy atom. The monoisotopic (exact) mass is 268 g/mol. The fourth-order valence-corrected chi connectivity index (χ4v) is 2.51. The number of urea groups is 1. The van der Waals surface area contributed by atoms with E-state index in [1.807, 2.05) is 0 Å². The molecule has 0 aliphatic carbocycles. The normalized spacial score (nSPS) is 24.2. The zero-order chi connectivity index (χ0) is 14.5. The number of rotatable bonds is 1. The number of hydrogen-bond donors (Lipinski definition) is 0. The van der Waals surface area contributed by atoms with Crippen molar-refractivity contribution < 1.29 is 9.59 Å². The number of nitrogens with zero attached hydrogens (tertiary/aromatic N) is 4. The smallest absolute Gasteiger partial charge is 0.271 e. The van der Waals surface area contributed by atoms with E-state index in [0.717, 1.165) is 10.5 Å². The van der Waals surface area contributed by atoms with Crippen LogP contribution in [0.1, 0.15) is 18.9 Å². The quantitative estimate of drug-likeness (QED) is 0.580. The Labute approximate surface area is 116 Å². The average Bonchev–Trinajstić information content (AvgIpc) is 2.89. The van der Waals surface area contributed by atoms with E-state index in [1.165, 1.54) is 5.01 Å². The highest BCUT2D eigenvalue weighted by Crippen LogP contribution is 2.37. The number of aryl methyl sites for hydroxylation is 1. The summed E-state index contributed by atoms with van der Waals surface area (Å²) in [6, 6.07) is 4.47. The molecule has 0 N–H and O–H groups in total. The third-order valence-corrected chi connectivity index (χ3v) is 3.75. The molecule has 1 atom stereocenters. The van der Waals surface area contributed by atoms with E-state index in [0.29, 0.717) is 17.8 Å². The average molecular weight is 268 g/mol. The maximum absolute atomic E-state index is 12.5. The first kappa shape index (κ1) is 12.4. The summed E-state index contributed by atoms with van der Waals surface area (Å²) >= 11 is 0. The SMILES string of the molecule is [C-]#[N+]c1ccc(N2C(=O)N3N=CCC3(C)C2=O)cc1C. The van der Waals surface area contributed by atoms with Crippen LogP contribution in [-0.2, 0) is 4.79 Å². The fraction of sp³-hybridized carbons (Fsp3) is 0.286. The van der Waals surface area contributed by atoms with Gasteiger partial charge < -0.3 is 0 Å². The molecule has 6 heteroatoms. The third kappa shape index (κ3) is 1.40. The third-order valence-electron chi connectivity index (χ3n) is 3.75. The molecule has 0 saturated carbocycles. The molecule has 1 aromatic carbocycles. The summed E-state index contributed by atoms with van der Waals surface area (Å²) in [5, 5.41) is 5.21. The van der Waals surface area contributed by atoms with Gasteiger partial charge >= 0.3 is 6.03 Å². The first-order chi connectivity index (χ1) is 9.49. The Kier molecular flexibility index (Phi) is 2.41. The molecule has 0 bridgehead atoms. The van der Waals surface area contributed by atoms with E-state index < -0.39 is 11.6 Å². The molecule has 1 saturated heterocycles. The Balaban J connectivity index is 2.06. The van der Waals surface area contributed by atoms with E-state index in [-0.39, 0.29) is 5.91 Å². The molecule has 0 aromatic heterocycles. The van der Waals surface area contributed by atoms with Gasteiger partial charge in [0.2, 0.25) is 0 Å². The molecule has 6 nitrogen and oxygen atoms in total. The Morgan fingerprint density at radius 1 is 1.40 bits per heavy atom. The first-order valence-corrected chi connectivity index (χ1v) is 6.18. The van der Waals surface area contributed by atoms with Gasteiger partial charge in [-0.1, -0.05) is 6.07 Å². The molecule has 1 unspecified atom stereocenters. The minimum Gasteiger partial charge on any atom is -0.271 e. The molecule has 3 rings (SSSR count). The van der Waals surface area contributed by atoms with E-state index in [1.54, 1.807) is 38.3 Å². The molecule has 0 spiro atoms. The van der Waals surface area contributed by atoms with Crippen LogP contribution in [0.15, 0.2) is 23.3 Å². The molecule has 1 aromatic rings. The maximum atomic E-state index is 12.5. The highest BCUT2D eigenvalue weighted by atomic mass is 16.2. The highest BCUT2D eigenvalue weighted by molar-refractivity contribution is 6.24. The number of carbonyl (C=O) groups is 2. The maximum Gasteiger partial charge on any atom is 0.352 e. The van der Waals surface area contributed by atoms with Gasteiger partial charge in [0.1, 0.15) is 5.54 Å². The van der Waals surface area contributed by atoms with Crippen LogP contribution in [0.25, 0.3) is 4.85 Å². The van der Waals surface area contributed by atoms with Gasteiger partial charge in [0.25, 0.3) is 5.91 Å². The van der Waals surface area contributed by atoms with Crippen molar-refractivity contribution in [2.45, 2.75) is 25.8 Å². The Bertz CT molecular complexity index is 704. The van der Waals surface area contributed by atoms with Crippen molar-refractivity contribution in [3.63, 3.8) is 0 Å². The lowest BCUT2D eigenvalue weighted by atomic mass is 9.99. The standard InChI is InChI=1S/C14H12N4O2/c1-9-8-10(4-5-11(9)15-3)17-12(19)14(2)6-7-16-18(14)13(17)20/h4-5,7-8H,6H2,1-2H3. The zero-order valence-electron chi connectivity index (χ0n) is 11.1. The van der Waals surface area contributed by atoms with Crippen LogP contribution >= 0.6 is 0 Å². The summed E-state index contributed by atoms with van der Waals surface area (Å²) in [5.74, 6) is -0.282. The van der Waals surface area contributed by atoms with Gasteiger partial charge in [-0.3, -0.25) is 4.79 Å². The Hall–Kier alpha value is -2.68. The molecule has 1 fully saturated rings. The lowest BCUT2D eigenvalue weighted by molar-refractivity contribution is -0.123. The number of amides is 3. The van der Waals surface area contributed by atoms with Crippen LogP contribution in [0.2, 0.25) is 0 Å². The van der Waals surface area contributed by atoms with Crippen molar-refractivity contribution in [2.75, 3.05) is 4.90 Å². The van der Waals surface area contributed by atoms with E-state index in [2.05, 4.69) is 9.95 Å². The molecule has 100 valence electrons. The summed E-state index contributed by atoms with van der Waals surface area (Å²) in [6.45, 7) is 10.5. The van der Waals surface area contributed by atoms with Gasteiger partial charge in [0.15, 0.2) is 5.69 Å². The number of fused-ring (bicyclic) bond motifs is 1. The highest BCUT2D eigenvalue weighted by Gasteiger charge is 2.57. The lowest BCUT2D eigenvalue weighted by Gasteiger charge is -2.19. The number of benzene rings is 1. The molecular formula is C14H12N4O2. The van der Waals surface area contributed by atoms with Gasteiger partial charge in [0.05, 0.1) is 12.3 Å². The van der Waals surface area contributed by atoms with Crippen molar-refractivity contribution in [1.29, 1.82) is 0 Å². The van der Waals surface area contributed by atoms with Crippen molar-refractivity contribution in [3.8, 4) is 0 Å². The number of anilines is 1. The minimum atomic E-state index is -0.913. The van der Waals surface area contributed by atoms with Crippen molar-refractivity contribution >= 4 is 29.5 Å². The molecule has 20 heavy (non-hydrogen) atoms. The topological polar surface area (TPSA) is 57.3 Å². The molecular weight excluding hydrogens is 256 g/mol. The van der Waals surface area contributed by atoms with Crippen LogP contribution in [0.4, 0.5) is 16.2 Å². The van der Waals surface area contributed by atoms with Crippen molar-refractivity contribution in [1.82, 2.24) is 5.01 Å². The largest absolute Gasteiger partial charge is 0.352 e. The zero-order valence-corrected chi connectivity index (χ0v) is 11.1. The second kappa shape index (κ2) is 3.90. The van der Waals surface area contributed by atoms with Crippen LogP contribution in [0.5, 0.6) is 0 Å². The van der Waals surface area contributed by atoms with Crippen LogP contribution in [0.3, 0.4) is 0 Å². The fourth-order valence-electron chi connectivity index (χ4n) is 2.51.